The summed E-state index contributed by atoms with van der Waals surface area (Å²) in [5.41, 5.74) is 1.23. The number of rotatable bonds is 0. The van der Waals surface area contributed by atoms with Crippen molar-refractivity contribution in [3.8, 4) is 0 Å². The number of pyridine rings is 1. The van der Waals surface area contributed by atoms with E-state index in [-0.39, 0.29) is 0 Å². The third-order valence-corrected chi connectivity index (χ3v) is 3.99. The quantitative estimate of drug-likeness (QED) is 0.419. The van der Waals surface area contributed by atoms with Gasteiger partial charge in [-0.1, -0.05) is 24.3 Å². The Morgan fingerprint density at radius 3 is 2.41 bits per heavy atom. The molecule has 22 heavy (non-hydrogen) atoms. The molecule has 0 saturated carbocycles. The van der Waals surface area contributed by atoms with Crippen LogP contribution in [0.2, 0.25) is 0 Å². The van der Waals surface area contributed by atoms with Crippen molar-refractivity contribution in [2.75, 3.05) is 0 Å². The molecule has 110 valence electrons. The van der Waals surface area contributed by atoms with Crippen LogP contribution in [-0.4, -0.2) is 9.61 Å². The van der Waals surface area contributed by atoms with Gasteiger partial charge in [0, 0.05) is 10.8 Å². The van der Waals surface area contributed by atoms with Crippen molar-refractivity contribution in [1.29, 1.82) is 0 Å². The van der Waals surface area contributed by atoms with Crippen molar-refractivity contribution in [3.05, 3.63) is 59.8 Å². The summed E-state index contributed by atoms with van der Waals surface area (Å²) >= 11 is 0. The molecule has 0 radical (unpaired) electrons. The summed E-state index contributed by atoms with van der Waals surface area (Å²) in [4.78, 5) is 0. The van der Waals surface area contributed by atoms with Gasteiger partial charge in [0.1, 0.15) is 0 Å². The van der Waals surface area contributed by atoms with Crippen LogP contribution < -0.4 is 0 Å². The lowest BCUT2D eigenvalue weighted by atomic mass is 9.99. The molecule has 0 aliphatic carbocycles. The molecule has 0 aliphatic rings. The summed E-state index contributed by atoms with van der Waals surface area (Å²) in [6.07, 6.45) is -2.76. The first-order chi connectivity index (χ1) is 10.5. The van der Waals surface area contributed by atoms with Gasteiger partial charge in [-0.15, -0.1) is 0 Å². The molecule has 4 rings (SSSR count). The van der Waals surface area contributed by atoms with E-state index in [4.69, 9.17) is 0 Å². The van der Waals surface area contributed by atoms with Gasteiger partial charge in [-0.05, 0) is 36.1 Å². The van der Waals surface area contributed by atoms with Gasteiger partial charge >= 0.3 is 6.18 Å². The van der Waals surface area contributed by atoms with Crippen LogP contribution in [0, 0.1) is 6.92 Å². The van der Waals surface area contributed by atoms with Crippen LogP contribution in [0.4, 0.5) is 13.2 Å². The lowest BCUT2D eigenvalue weighted by Gasteiger charge is -2.14. The zero-order valence-electron chi connectivity index (χ0n) is 11.6. The number of hydrogen-bond acceptors (Lipinski definition) is 1. The van der Waals surface area contributed by atoms with Crippen molar-refractivity contribution in [2.24, 2.45) is 0 Å². The molecule has 4 aromatic rings. The third kappa shape index (κ3) is 1.71. The highest BCUT2D eigenvalue weighted by Crippen LogP contribution is 2.36. The molecule has 0 N–H and O–H groups in total. The minimum Gasteiger partial charge on any atom is -0.232 e. The molecule has 0 aliphatic heterocycles. The summed E-state index contributed by atoms with van der Waals surface area (Å²) in [6, 6.07) is 11.9. The molecule has 2 aromatic carbocycles. The highest BCUT2D eigenvalue weighted by Gasteiger charge is 2.31. The fraction of sp³-hybridized carbons (Fsp3) is 0.118. The maximum absolute atomic E-state index is 13.1. The lowest BCUT2D eigenvalue weighted by molar-refractivity contribution is -0.137. The van der Waals surface area contributed by atoms with Crippen LogP contribution in [0.25, 0.3) is 27.2 Å². The Bertz CT molecular complexity index is 1030. The van der Waals surface area contributed by atoms with Gasteiger partial charge in [0.05, 0.1) is 22.8 Å². The number of hydrogen-bond donors (Lipinski definition) is 0. The van der Waals surface area contributed by atoms with E-state index in [9.17, 15) is 13.2 Å². The van der Waals surface area contributed by atoms with Gasteiger partial charge in [0.15, 0.2) is 0 Å². The highest BCUT2D eigenvalue weighted by atomic mass is 19.4. The normalized spacial score (nSPS) is 12.5. The largest absolute Gasteiger partial charge is 0.416 e. The van der Waals surface area contributed by atoms with Crippen LogP contribution in [0.1, 0.15) is 11.1 Å². The number of nitrogens with zero attached hydrogens (tertiary/aromatic N) is 2. The Balaban J connectivity index is 2.31. The maximum atomic E-state index is 13.1. The molecule has 2 heterocycles. The second-order valence-electron chi connectivity index (χ2n) is 5.36. The van der Waals surface area contributed by atoms with E-state index in [1.807, 2.05) is 30.3 Å². The van der Waals surface area contributed by atoms with Gasteiger partial charge in [-0.2, -0.15) is 18.3 Å². The van der Waals surface area contributed by atoms with Crippen LogP contribution in [0.5, 0.6) is 0 Å². The van der Waals surface area contributed by atoms with E-state index in [0.717, 1.165) is 21.7 Å². The molecule has 0 saturated heterocycles. The second kappa shape index (κ2) is 4.22. The molecular weight excluding hydrogens is 289 g/mol. The second-order valence-corrected chi connectivity index (χ2v) is 5.36. The third-order valence-electron chi connectivity index (χ3n) is 3.99. The monoisotopic (exact) mass is 300 g/mol. The number of fused-ring (bicyclic) bond motifs is 6. The van der Waals surface area contributed by atoms with Gasteiger partial charge in [0.25, 0.3) is 0 Å². The summed E-state index contributed by atoms with van der Waals surface area (Å²) in [5, 5.41) is 6.94. The van der Waals surface area contributed by atoms with E-state index in [1.165, 1.54) is 12.1 Å². The Labute approximate surface area is 123 Å². The summed E-state index contributed by atoms with van der Waals surface area (Å²) < 4.78 is 40.9. The minimum atomic E-state index is -4.37. The van der Waals surface area contributed by atoms with Gasteiger partial charge in [-0.3, -0.25) is 0 Å². The highest BCUT2D eigenvalue weighted by molar-refractivity contribution is 6.13. The van der Waals surface area contributed by atoms with Gasteiger partial charge < -0.3 is 0 Å². The van der Waals surface area contributed by atoms with E-state index in [0.29, 0.717) is 11.1 Å². The molecule has 0 atom stereocenters. The Hall–Kier alpha value is -2.56. The molecule has 2 nitrogen and oxygen atoms in total. The lowest BCUT2D eigenvalue weighted by Crippen LogP contribution is -2.06. The van der Waals surface area contributed by atoms with Crippen LogP contribution >= 0.6 is 0 Å². The minimum absolute atomic E-state index is 0.478. The maximum Gasteiger partial charge on any atom is 0.416 e. The SMILES string of the molecule is Cc1cc(C(F)(F)F)cc2c1c1ccccc1c1ccnn12. The average molecular weight is 300 g/mol. The van der Waals surface area contributed by atoms with E-state index in [2.05, 4.69) is 5.10 Å². The average Bonchev–Trinajstić information content (AvgIpc) is 2.95. The number of benzene rings is 2. The molecule has 0 bridgehead atoms. The first kappa shape index (κ1) is 13.1. The fourth-order valence-electron chi connectivity index (χ4n) is 3.07. The predicted octanol–water partition coefficient (Wildman–Crippen LogP) is 4.97. The molecule has 0 unspecified atom stereocenters. The molecule has 2 aromatic heterocycles. The summed E-state index contributed by atoms with van der Waals surface area (Å²) in [5.74, 6) is 0. The van der Waals surface area contributed by atoms with Crippen molar-refractivity contribution >= 4 is 27.2 Å². The predicted molar refractivity (Wildman–Crippen MR) is 79.9 cm³/mol. The van der Waals surface area contributed by atoms with Crippen LogP contribution in [0.15, 0.2) is 48.7 Å². The number of aromatic nitrogens is 2. The number of aryl methyl sites for hydroxylation is 1. The molecule has 5 heteroatoms. The Morgan fingerprint density at radius 1 is 0.955 bits per heavy atom. The fourth-order valence-corrected chi connectivity index (χ4v) is 3.07. The molecular formula is C17H11F3N2. The Morgan fingerprint density at radius 2 is 1.68 bits per heavy atom. The van der Waals surface area contributed by atoms with Gasteiger partial charge in [-0.25, -0.2) is 4.52 Å². The van der Waals surface area contributed by atoms with E-state index < -0.39 is 11.7 Å². The zero-order valence-corrected chi connectivity index (χ0v) is 11.6. The van der Waals surface area contributed by atoms with Crippen LogP contribution in [-0.2, 0) is 6.18 Å². The number of halogens is 3. The van der Waals surface area contributed by atoms with Crippen molar-refractivity contribution in [3.63, 3.8) is 0 Å². The Kier molecular flexibility index (Phi) is 2.52. The molecule has 0 spiro atoms. The topological polar surface area (TPSA) is 17.3 Å². The summed E-state index contributed by atoms with van der Waals surface area (Å²) in [7, 11) is 0. The van der Waals surface area contributed by atoms with Crippen molar-refractivity contribution in [2.45, 2.75) is 13.1 Å². The van der Waals surface area contributed by atoms with Gasteiger partial charge in [0.2, 0.25) is 0 Å². The molecule has 0 amide bonds. The summed E-state index contributed by atoms with van der Waals surface area (Å²) in [6.45, 7) is 1.71. The molecule has 0 fully saturated rings. The van der Waals surface area contributed by atoms with E-state index in [1.54, 1.807) is 17.6 Å². The van der Waals surface area contributed by atoms with Crippen molar-refractivity contribution < 1.29 is 13.2 Å². The van der Waals surface area contributed by atoms with E-state index >= 15 is 0 Å². The first-order valence-corrected chi connectivity index (χ1v) is 6.83. The van der Waals surface area contributed by atoms with Crippen molar-refractivity contribution in [1.82, 2.24) is 9.61 Å². The number of alkyl halides is 3. The standard InChI is InChI=1S/C17H11F3N2/c1-10-8-11(17(18,19)20)9-15-16(10)13-5-3-2-4-12(13)14-6-7-21-22(14)15/h2-9H,1H3. The first-order valence-electron chi connectivity index (χ1n) is 6.83. The smallest absolute Gasteiger partial charge is 0.232 e. The van der Waals surface area contributed by atoms with Crippen LogP contribution in [0.3, 0.4) is 0 Å². The zero-order chi connectivity index (χ0) is 15.5.